The van der Waals surface area contributed by atoms with Crippen molar-refractivity contribution in [3.8, 4) is 0 Å². The third-order valence-electron chi connectivity index (χ3n) is 3.77. The molecule has 5 heteroatoms. The van der Waals surface area contributed by atoms with Gasteiger partial charge in [-0.2, -0.15) is 5.10 Å². The summed E-state index contributed by atoms with van der Waals surface area (Å²) in [5.74, 6) is 0.787. The molecule has 0 spiro atoms. The van der Waals surface area contributed by atoms with Crippen LogP contribution >= 0.6 is 0 Å². The van der Waals surface area contributed by atoms with E-state index in [0.717, 1.165) is 19.4 Å². The van der Waals surface area contributed by atoms with Crippen LogP contribution in [0.5, 0.6) is 0 Å². The summed E-state index contributed by atoms with van der Waals surface area (Å²) in [6.45, 7) is 3.56. The van der Waals surface area contributed by atoms with Gasteiger partial charge in [0, 0.05) is 19.1 Å². The first-order valence-corrected chi connectivity index (χ1v) is 6.83. The largest absolute Gasteiger partial charge is 0.396 e. The molecule has 18 heavy (non-hydrogen) atoms. The number of carbonyl (C=O) groups is 1. The topological polar surface area (TPSA) is 64.2 Å². The minimum atomic E-state index is 0.0706. The van der Waals surface area contributed by atoms with Crippen molar-refractivity contribution in [1.29, 1.82) is 0 Å². The highest BCUT2D eigenvalue weighted by atomic mass is 16.2. The summed E-state index contributed by atoms with van der Waals surface area (Å²) < 4.78 is 1.71. The van der Waals surface area contributed by atoms with Crippen LogP contribution in [0.15, 0.2) is 6.20 Å². The Morgan fingerprint density at radius 3 is 2.78 bits per heavy atom. The molecule has 1 aromatic heterocycles. The molecular weight excluding hydrogens is 228 g/mol. The molecule has 3 rings (SSSR count). The standard InChI is InChI=1S/C13H20N4O/c1-2-17-12(11(14)7-15-17)13(18)16(10-5-6-10)8-9-3-4-9/h7,9-10H,2-6,8,14H2,1H3. The Bertz CT molecular complexity index is 460. The molecule has 0 bridgehead atoms. The second-order valence-electron chi connectivity index (χ2n) is 5.40. The highest BCUT2D eigenvalue weighted by Gasteiger charge is 2.38. The van der Waals surface area contributed by atoms with Crippen molar-refractivity contribution in [2.45, 2.75) is 45.2 Å². The van der Waals surface area contributed by atoms with Crippen LogP contribution in [0, 0.1) is 5.92 Å². The third kappa shape index (κ3) is 2.09. The van der Waals surface area contributed by atoms with E-state index in [4.69, 9.17) is 5.73 Å². The molecule has 0 aromatic carbocycles. The maximum absolute atomic E-state index is 12.6. The summed E-state index contributed by atoms with van der Waals surface area (Å²) in [5.41, 5.74) is 6.97. The van der Waals surface area contributed by atoms with Crippen molar-refractivity contribution in [3.63, 3.8) is 0 Å². The van der Waals surface area contributed by atoms with Gasteiger partial charge in [-0.05, 0) is 38.5 Å². The van der Waals surface area contributed by atoms with E-state index in [1.54, 1.807) is 10.9 Å². The highest BCUT2D eigenvalue weighted by molar-refractivity contribution is 5.97. The predicted octanol–water partition coefficient (Wildman–Crippen LogP) is 1.50. The van der Waals surface area contributed by atoms with E-state index in [0.29, 0.717) is 29.9 Å². The van der Waals surface area contributed by atoms with E-state index in [-0.39, 0.29) is 5.91 Å². The number of amides is 1. The van der Waals surface area contributed by atoms with Crippen LogP contribution < -0.4 is 5.73 Å². The Balaban J connectivity index is 1.83. The van der Waals surface area contributed by atoms with E-state index < -0.39 is 0 Å². The van der Waals surface area contributed by atoms with Crippen LogP contribution in [0.1, 0.15) is 43.1 Å². The first kappa shape index (κ1) is 11.6. The number of nitrogens with zero attached hydrogens (tertiary/aromatic N) is 3. The molecule has 0 unspecified atom stereocenters. The maximum atomic E-state index is 12.6. The van der Waals surface area contributed by atoms with E-state index in [1.807, 2.05) is 11.8 Å². The van der Waals surface area contributed by atoms with Gasteiger partial charge in [0.1, 0.15) is 5.69 Å². The van der Waals surface area contributed by atoms with Gasteiger partial charge < -0.3 is 10.6 Å². The Labute approximate surface area is 107 Å². The van der Waals surface area contributed by atoms with Gasteiger partial charge >= 0.3 is 0 Å². The molecule has 2 aliphatic carbocycles. The average molecular weight is 248 g/mol. The number of aromatic nitrogens is 2. The lowest BCUT2D eigenvalue weighted by atomic mass is 10.2. The van der Waals surface area contributed by atoms with Crippen molar-refractivity contribution in [3.05, 3.63) is 11.9 Å². The molecule has 2 fully saturated rings. The monoisotopic (exact) mass is 248 g/mol. The molecule has 0 saturated heterocycles. The Hall–Kier alpha value is -1.52. The molecule has 0 aliphatic heterocycles. The zero-order valence-corrected chi connectivity index (χ0v) is 10.8. The van der Waals surface area contributed by atoms with Crippen molar-refractivity contribution < 1.29 is 4.79 Å². The van der Waals surface area contributed by atoms with Gasteiger partial charge in [-0.1, -0.05) is 0 Å². The highest BCUT2D eigenvalue weighted by Crippen LogP contribution is 2.36. The summed E-state index contributed by atoms with van der Waals surface area (Å²) in [6.07, 6.45) is 6.38. The molecule has 2 aliphatic rings. The minimum absolute atomic E-state index is 0.0706. The molecular formula is C13H20N4O. The number of aryl methyl sites for hydroxylation is 1. The number of nitrogens with two attached hydrogens (primary N) is 1. The Kier molecular flexibility index (Phi) is 2.76. The molecule has 1 aromatic rings. The fourth-order valence-electron chi connectivity index (χ4n) is 2.37. The van der Waals surface area contributed by atoms with Gasteiger partial charge in [-0.15, -0.1) is 0 Å². The molecule has 5 nitrogen and oxygen atoms in total. The second kappa shape index (κ2) is 4.30. The zero-order chi connectivity index (χ0) is 12.7. The van der Waals surface area contributed by atoms with Crippen LogP contribution in [0.2, 0.25) is 0 Å². The summed E-state index contributed by atoms with van der Waals surface area (Å²) in [4.78, 5) is 14.7. The van der Waals surface area contributed by atoms with Crippen LogP contribution in [0.25, 0.3) is 0 Å². The van der Waals surface area contributed by atoms with Crippen molar-refractivity contribution in [2.75, 3.05) is 12.3 Å². The van der Waals surface area contributed by atoms with Gasteiger partial charge in [0.25, 0.3) is 5.91 Å². The summed E-state index contributed by atoms with van der Waals surface area (Å²) in [7, 11) is 0. The van der Waals surface area contributed by atoms with Crippen LogP contribution in [-0.4, -0.2) is 33.2 Å². The molecule has 2 saturated carbocycles. The lowest BCUT2D eigenvalue weighted by Gasteiger charge is -2.22. The molecule has 1 heterocycles. The third-order valence-corrected chi connectivity index (χ3v) is 3.77. The Morgan fingerprint density at radius 2 is 2.22 bits per heavy atom. The van der Waals surface area contributed by atoms with Crippen LogP contribution in [-0.2, 0) is 6.54 Å². The number of anilines is 1. The normalized spacial score (nSPS) is 18.9. The first-order chi connectivity index (χ1) is 8.70. The number of carbonyl (C=O) groups excluding carboxylic acids is 1. The van der Waals surface area contributed by atoms with Crippen molar-refractivity contribution >= 4 is 11.6 Å². The summed E-state index contributed by atoms with van der Waals surface area (Å²) in [5, 5.41) is 4.16. The lowest BCUT2D eigenvalue weighted by Crippen LogP contribution is -2.36. The molecule has 98 valence electrons. The second-order valence-corrected chi connectivity index (χ2v) is 5.40. The number of hydrogen-bond donors (Lipinski definition) is 1. The Morgan fingerprint density at radius 1 is 1.50 bits per heavy atom. The van der Waals surface area contributed by atoms with Crippen LogP contribution in [0.3, 0.4) is 0 Å². The van der Waals surface area contributed by atoms with E-state index in [9.17, 15) is 4.79 Å². The van der Waals surface area contributed by atoms with Crippen molar-refractivity contribution in [2.24, 2.45) is 5.92 Å². The van der Waals surface area contributed by atoms with E-state index in [1.165, 1.54) is 12.8 Å². The number of hydrogen-bond acceptors (Lipinski definition) is 3. The SMILES string of the molecule is CCn1ncc(N)c1C(=O)N(CC1CC1)C1CC1. The maximum Gasteiger partial charge on any atom is 0.274 e. The molecule has 0 atom stereocenters. The lowest BCUT2D eigenvalue weighted by molar-refractivity contribution is 0.0723. The van der Waals surface area contributed by atoms with Crippen LogP contribution in [0.4, 0.5) is 5.69 Å². The fraction of sp³-hybridized carbons (Fsp3) is 0.692. The molecule has 0 radical (unpaired) electrons. The average Bonchev–Trinajstić information content (AvgIpc) is 3.23. The minimum Gasteiger partial charge on any atom is -0.396 e. The molecule has 2 N–H and O–H groups in total. The predicted molar refractivity (Wildman–Crippen MR) is 69.1 cm³/mol. The van der Waals surface area contributed by atoms with Gasteiger partial charge in [-0.25, -0.2) is 0 Å². The van der Waals surface area contributed by atoms with Crippen molar-refractivity contribution in [1.82, 2.24) is 14.7 Å². The van der Waals surface area contributed by atoms with Gasteiger partial charge in [0.05, 0.1) is 11.9 Å². The molecule has 1 amide bonds. The van der Waals surface area contributed by atoms with Gasteiger partial charge in [0.15, 0.2) is 0 Å². The van der Waals surface area contributed by atoms with Gasteiger partial charge in [-0.3, -0.25) is 9.48 Å². The fourth-order valence-corrected chi connectivity index (χ4v) is 2.37. The van der Waals surface area contributed by atoms with E-state index in [2.05, 4.69) is 5.10 Å². The quantitative estimate of drug-likeness (QED) is 0.858. The van der Waals surface area contributed by atoms with E-state index >= 15 is 0 Å². The smallest absolute Gasteiger partial charge is 0.274 e. The summed E-state index contributed by atoms with van der Waals surface area (Å²) in [6, 6.07) is 0.442. The first-order valence-electron chi connectivity index (χ1n) is 6.83. The number of rotatable bonds is 5. The van der Waals surface area contributed by atoms with Gasteiger partial charge in [0.2, 0.25) is 0 Å². The zero-order valence-electron chi connectivity index (χ0n) is 10.8. The number of nitrogen functional groups attached to an aromatic ring is 1. The summed E-state index contributed by atoms with van der Waals surface area (Å²) >= 11 is 0.